The second kappa shape index (κ2) is 5.00. The average molecular weight is 251 g/mol. The molecule has 0 spiro atoms. The summed E-state index contributed by atoms with van der Waals surface area (Å²) in [7, 11) is 0. The molecule has 0 saturated carbocycles. The minimum atomic E-state index is -0.532. The van der Waals surface area contributed by atoms with Gasteiger partial charge in [0.05, 0.1) is 24.5 Å². The van der Waals surface area contributed by atoms with Crippen molar-refractivity contribution in [1.82, 2.24) is 9.55 Å². The quantitative estimate of drug-likeness (QED) is 0.812. The molecule has 1 aromatic carbocycles. The van der Waals surface area contributed by atoms with Crippen LogP contribution in [0, 0.1) is 39.8 Å². The van der Waals surface area contributed by atoms with Crippen LogP contribution in [0.4, 0.5) is 4.39 Å². The Balaban J connectivity index is 2.38. The molecule has 0 aliphatic carbocycles. The smallest absolute Gasteiger partial charge is 0.176 e. The SMILES string of the molecule is N#Cc1ccc(Cn2cnc(C#N)c2C#N)c(F)c1. The van der Waals surface area contributed by atoms with E-state index in [-0.39, 0.29) is 23.5 Å². The van der Waals surface area contributed by atoms with Gasteiger partial charge in [-0.25, -0.2) is 9.37 Å². The van der Waals surface area contributed by atoms with Crippen LogP contribution in [0.1, 0.15) is 22.5 Å². The van der Waals surface area contributed by atoms with Crippen LogP contribution >= 0.6 is 0 Å². The number of aromatic nitrogens is 2. The molecule has 1 aromatic heterocycles. The molecule has 90 valence electrons. The molecule has 0 fully saturated rings. The van der Waals surface area contributed by atoms with Crippen molar-refractivity contribution < 1.29 is 4.39 Å². The molecule has 0 aliphatic heterocycles. The van der Waals surface area contributed by atoms with Crippen LogP contribution in [0.2, 0.25) is 0 Å². The van der Waals surface area contributed by atoms with Crippen molar-refractivity contribution in [1.29, 1.82) is 15.8 Å². The zero-order chi connectivity index (χ0) is 13.8. The van der Waals surface area contributed by atoms with Gasteiger partial charge in [-0.1, -0.05) is 6.07 Å². The summed E-state index contributed by atoms with van der Waals surface area (Å²) in [5, 5.41) is 26.4. The Bertz CT molecular complexity index is 755. The van der Waals surface area contributed by atoms with Crippen molar-refractivity contribution in [2.75, 3.05) is 0 Å². The van der Waals surface area contributed by atoms with Crippen molar-refractivity contribution in [2.24, 2.45) is 0 Å². The van der Waals surface area contributed by atoms with Crippen molar-refractivity contribution in [2.45, 2.75) is 6.54 Å². The van der Waals surface area contributed by atoms with Crippen LogP contribution in [-0.4, -0.2) is 9.55 Å². The number of imidazole rings is 1. The first-order valence-electron chi connectivity index (χ1n) is 5.23. The molecule has 1 heterocycles. The second-order valence-electron chi connectivity index (χ2n) is 3.71. The van der Waals surface area contributed by atoms with Gasteiger partial charge in [0, 0.05) is 5.56 Å². The van der Waals surface area contributed by atoms with Gasteiger partial charge in [-0.3, -0.25) is 0 Å². The van der Waals surface area contributed by atoms with E-state index in [0.717, 1.165) is 6.07 Å². The van der Waals surface area contributed by atoms with Crippen molar-refractivity contribution in [3.8, 4) is 18.2 Å². The Morgan fingerprint density at radius 3 is 2.53 bits per heavy atom. The highest BCUT2D eigenvalue weighted by Gasteiger charge is 2.12. The average Bonchev–Trinajstić information content (AvgIpc) is 2.82. The Hall–Kier alpha value is -3.17. The van der Waals surface area contributed by atoms with Crippen molar-refractivity contribution >= 4 is 0 Å². The second-order valence-corrected chi connectivity index (χ2v) is 3.71. The lowest BCUT2D eigenvalue weighted by Gasteiger charge is -2.05. The maximum absolute atomic E-state index is 13.7. The van der Waals surface area contributed by atoms with Crippen LogP contribution in [0.15, 0.2) is 24.5 Å². The molecule has 19 heavy (non-hydrogen) atoms. The molecule has 0 radical (unpaired) electrons. The van der Waals surface area contributed by atoms with E-state index in [2.05, 4.69) is 4.98 Å². The molecule has 0 amide bonds. The summed E-state index contributed by atoms with van der Waals surface area (Å²) in [6.07, 6.45) is 1.31. The molecular weight excluding hydrogens is 245 g/mol. The standard InChI is InChI=1S/C13H6FN5/c14-11-3-9(4-15)1-2-10(11)7-19-8-18-12(5-16)13(19)6-17/h1-3,8H,7H2. The predicted molar refractivity (Wildman–Crippen MR) is 61.9 cm³/mol. The molecule has 0 saturated heterocycles. The Kier molecular flexibility index (Phi) is 3.23. The van der Waals surface area contributed by atoms with Crippen LogP contribution in [0.3, 0.4) is 0 Å². The fourth-order valence-corrected chi connectivity index (χ4v) is 1.63. The number of hydrogen-bond acceptors (Lipinski definition) is 4. The lowest BCUT2D eigenvalue weighted by molar-refractivity contribution is 0.598. The number of nitrogens with zero attached hydrogens (tertiary/aromatic N) is 5. The largest absolute Gasteiger partial charge is 0.317 e. The molecule has 0 N–H and O–H groups in total. The summed E-state index contributed by atoms with van der Waals surface area (Å²) in [5.74, 6) is -0.532. The lowest BCUT2D eigenvalue weighted by atomic mass is 10.1. The minimum Gasteiger partial charge on any atom is -0.317 e. The summed E-state index contributed by atoms with van der Waals surface area (Å²) in [4.78, 5) is 3.77. The van der Waals surface area contributed by atoms with E-state index in [1.807, 2.05) is 12.1 Å². The molecule has 0 atom stereocenters. The van der Waals surface area contributed by atoms with Gasteiger partial charge >= 0.3 is 0 Å². The van der Waals surface area contributed by atoms with Gasteiger partial charge in [0.1, 0.15) is 18.0 Å². The van der Waals surface area contributed by atoms with Gasteiger partial charge < -0.3 is 4.57 Å². The van der Waals surface area contributed by atoms with E-state index in [1.54, 1.807) is 6.07 Å². The fourth-order valence-electron chi connectivity index (χ4n) is 1.63. The summed E-state index contributed by atoms with van der Waals surface area (Å²) < 4.78 is 15.1. The van der Waals surface area contributed by atoms with Gasteiger partial charge in [-0.15, -0.1) is 0 Å². The summed E-state index contributed by atoms with van der Waals surface area (Å²) in [5.41, 5.74) is 0.644. The maximum atomic E-state index is 13.7. The third-order valence-electron chi connectivity index (χ3n) is 2.57. The molecule has 6 heteroatoms. The first-order valence-corrected chi connectivity index (χ1v) is 5.23. The first kappa shape index (κ1) is 12.3. The van der Waals surface area contributed by atoms with Crippen molar-refractivity contribution in [3.05, 3.63) is 52.9 Å². The molecule has 0 unspecified atom stereocenters. The summed E-state index contributed by atoms with van der Waals surface area (Å²) in [6.45, 7) is 0.0785. The molecule has 2 aromatic rings. The first-order chi connectivity index (χ1) is 9.19. The lowest BCUT2D eigenvalue weighted by Crippen LogP contribution is -2.03. The number of nitriles is 3. The molecule has 0 bridgehead atoms. The van der Waals surface area contributed by atoms with Gasteiger partial charge in [0.25, 0.3) is 0 Å². The highest BCUT2D eigenvalue weighted by Crippen LogP contribution is 2.14. The minimum absolute atomic E-state index is 0.0107. The third kappa shape index (κ3) is 2.26. The van der Waals surface area contributed by atoms with Gasteiger partial charge in [-0.2, -0.15) is 15.8 Å². The summed E-state index contributed by atoms with van der Waals surface area (Å²) in [6, 6.07) is 9.59. The Morgan fingerprint density at radius 2 is 1.95 bits per heavy atom. The van der Waals surface area contributed by atoms with E-state index >= 15 is 0 Å². The maximum Gasteiger partial charge on any atom is 0.176 e. The Labute approximate surface area is 108 Å². The van der Waals surface area contributed by atoms with Crippen LogP contribution in [-0.2, 0) is 6.54 Å². The van der Waals surface area contributed by atoms with Crippen molar-refractivity contribution in [3.63, 3.8) is 0 Å². The van der Waals surface area contributed by atoms with Crippen LogP contribution in [0.25, 0.3) is 0 Å². The van der Waals surface area contributed by atoms with Gasteiger partial charge in [-0.05, 0) is 12.1 Å². The Morgan fingerprint density at radius 1 is 1.16 bits per heavy atom. The number of rotatable bonds is 2. The highest BCUT2D eigenvalue weighted by molar-refractivity contribution is 5.37. The molecular formula is C13H6FN5. The van der Waals surface area contributed by atoms with E-state index < -0.39 is 5.82 Å². The zero-order valence-corrected chi connectivity index (χ0v) is 9.63. The van der Waals surface area contributed by atoms with E-state index in [0.29, 0.717) is 5.56 Å². The number of hydrogen-bond donors (Lipinski definition) is 0. The highest BCUT2D eigenvalue weighted by atomic mass is 19.1. The number of halogens is 1. The fraction of sp³-hybridized carbons (Fsp3) is 0.0769. The third-order valence-corrected chi connectivity index (χ3v) is 2.57. The molecule has 5 nitrogen and oxygen atoms in total. The number of benzene rings is 1. The van der Waals surface area contributed by atoms with Crippen LogP contribution in [0.5, 0.6) is 0 Å². The topological polar surface area (TPSA) is 89.2 Å². The zero-order valence-electron chi connectivity index (χ0n) is 9.63. The van der Waals surface area contributed by atoms with Crippen LogP contribution < -0.4 is 0 Å². The van der Waals surface area contributed by atoms with E-state index in [1.165, 1.54) is 23.0 Å². The van der Waals surface area contributed by atoms with Gasteiger partial charge in [0.15, 0.2) is 11.4 Å². The normalized spacial score (nSPS) is 9.37. The summed E-state index contributed by atoms with van der Waals surface area (Å²) >= 11 is 0. The van der Waals surface area contributed by atoms with E-state index in [9.17, 15) is 4.39 Å². The molecule has 2 rings (SSSR count). The van der Waals surface area contributed by atoms with E-state index in [4.69, 9.17) is 15.8 Å². The predicted octanol–water partition coefficient (Wildman–Crippen LogP) is 1.69. The van der Waals surface area contributed by atoms with Gasteiger partial charge in [0.2, 0.25) is 0 Å². The molecule has 0 aliphatic rings. The monoisotopic (exact) mass is 251 g/mol.